The lowest BCUT2D eigenvalue weighted by atomic mass is 10.0. The molecule has 2 aliphatic heterocycles. The van der Waals surface area contributed by atoms with E-state index in [0.717, 1.165) is 26.5 Å². The van der Waals surface area contributed by atoms with Gasteiger partial charge in [-0.25, -0.2) is 0 Å². The standard InChI is InChI=1S/C50H76N14O15S3/c1-26(55-40(67)11-15-78-17-18-79-16-13-51)43(70)63-37-25-82-81-24-36(41(53)68)62-45(72)32(12-19-80-4)58-47(74)35(23-65)61-49(76)38-10-7-14-64(38)50(77)34(21-39(52)66)60-44(71)28(3)56-42(69)27(2)57-46(73)33(59-48(37)75)20-29-22-54-31-9-6-5-8-30(29)31/h5-6,8-9,22,26-28,32-38,54,65H,7,10-21,23-25,51H2,1-4H3,(H2,52,66)(H2,53,68)(H,55,67)(H,56,69)(H,57,73)(H,58,74)(H,59,75)(H,60,71)(H,61,76)(H,62,72)(H,63,70). The van der Waals surface area contributed by atoms with E-state index in [0.29, 0.717) is 35.4 Å². The van der Waals surface area contributed by atoms with Crippen molar-refractivity contribution in [1.29, 1.82) is 0 Å². The van der Waals surface area contributed by atoms with Crippen LogP contribution in [0.25, 0.3) is 10.9 Å². The maximum absolute atomic E-state index is 14.5. The third kappa shape index (κ3) is 21.6. The number of aromatic amines is 1. The van der Waals surface area contributed by atoms with E-state index < -0.39 is 144 Å². The minimum absolute atomic E-state index is 0.00352. The smallest absolute Gasteiger partial charge is 0.246 e. The molecule has 29 nitrogen and oxygen atoms in total. The number of thioether (sulfide) groups is 1. The van der Waals surface area contributed by atoms with E-state index in [-0.39, 0.29) is 70.0 Å². The lowest BCUT2D eigenvalue weighted by Crippen LogP contribution is -2.60. The molecule has 10 atom stereocenters. The van der Waals surface area contributed by atoms with Gasteiger partial charge in [0.2, 0.25) is 70.9 Å². The predicted molar refractivity (Wildman–Crippen MR) is 304 cm³/mol. The highest BCUT2D eigenvalue weighted by Gasteiger charge is 2.41. The number of aliphatic hydroxyl groups is 1. The Labute approximate surface area is 485 Å². The highest BCUT2D eigenvalue weighted by atomic mass is 33.1. The first-order valence-corrected chi connectivity index (χ1v) is 30.3. The molecule has 2 aliphatic rings. The van der Waals surface area contributed by atoms with E-state index >= 15 is 0 Å². The van der Waals surface area contributed by atoms with Gasteiger partial charge in [-0.3, -0.25) is 57.5 Å². The monoisotopic (exact) mass is 1210 g/mol. The number of fused-ring (bicyclic) bond motifs is 2. The van der Waals surface area contributed by atoms with Gasteiger partial charge in [0.25, 0.3) is 0 Å². The number of nitrogens with two attached hydrogens (primary N) is 3. The summed E-state index contributed by atoms with van der Waals surface area (Å²) in [7, 11) is 1.92. The number of nitrogens with zero attached hydrogens (tertiary/aromatic N) is 1. The SMILES string of the molecule is CSCCC1NC(=O)C(CO)NC(=O)C2CCCN2C(=O)C(CC(N)=O)NC(=O)C(C)NC(=O)C(C)NC(=O)C(Cc2c[nH]c3ccccc23)NC(=O)C(NC(=O)C(C)NC(=O)CCOCCOCCN)CSSCC(C(N)=O)NC1=O. The van der Waals surface area contributed by atoms with Gasteiger partial charge >= 0.3 is 0 Å². The number of rotatable bonds is 20. The summed E-state index contributed by atoms with van der Waals surface area (Å²) in [6.45, 7) is 4.08. The van der Waals surface area contributed by atoms with Crippen molar-refractivity contribution in [3.8, 4) is 0 Å². The molecule has 2 aromatic rings. The molecule has 0 bridgehead atoms. The lowest BCUT2D eigenvalue weighted by molar-refractivity contribution is -0.143. The Balaban J connectivity index is 1.69. The molecule has 10 unspecified atom stereocenters. The Hall–Kier alpha value is -6.71. The number of H-pyrrole nitrogens is 1. The predicted octanol–water partition coefficient (Wildman–Crippen LogP) is -4.99. The zero-order valence-corrected chi connectivity index (χ0v) is 48.5. The fraction of sp³-hybridized carbons (Fsp3) is 0.600. The molecule has 0 spiro atoms. The van der Waals surface area contributed by atoms with Crippen molar-refractivity contribution in [2.75, 3.05) is 69.6 Å². The number of nitrogens with one attached hydrogen (secondary N) is 10. The second-order valence-corrected chi connectivity index (χ2v) is 22.8. The van der Waals surface area contributed by atoms with Gasteiger partial charge in [-0.1, -0.05) is 39.8 Å². The molecule has 82 heavy (non-hydrogen) atoms. The van der Waals surface area contributed by atoms with Gasteiger partial charge in [-0.05, 0) is 63.7 Å². The molecule has 0 aliphatic carbocycles. The van der Waals surface area contributed by atoms with Crippen LogP contribution in [0.5, 0.6) is 0 Å². The van der Waals surface area contributed by atoms with E-state index in [2.05, 4.69) is 52.8 Å². The van der Waals surface area contributed by atoms with Crippen LogP contribution in [0.15, 0.2) is 30.5 Å². The molecule has 454 valence electrons. The van der Waals surface area contributed by atoms with Crippen LogP contribution in [0.4, 0.5) is 0 Å². The van der Waals surface area contributed by atoms with E-state index in [4.69, 9.17) is 26.7 Å². The van der Waals surface area contributed by atoms with Gasteiger partial charge in [0.1, 0.15) is 60.4 Å². The highest BCUT2D eigenvalue weighted by molar-refractivity contribution is 8.76. The minimum Gasteiger partial charge on any atom is -0.394 e. The fourth-order valence-electron chi connectivity index (χ4n) is 8.35. The summed E-state index contributed by atoms with van der Waals surface area (Å²) in [5.74, 6) is -10.8. The summed E-state index contributed by atoms with van der Waals surface area (Å²) in [5, 5.41) is 33.7. The van der Waals surface area contributed by atoms with E-state index in [1.54, 1.807) is 36.7 Å². The quantitative estimate of drug-likeness (QED) is 0.0436. The van der Waals surface area contributed by atoms with E-state index in [9.17, 15) is 62.6 Å². The largest absolute Gasteiger partial charge is 0.394 e. The lowest BCUT2D eigenvalue weighted by Gasteiger charge is -2.30. The topological polar surface area (TPSA) is 449 Å². The summed E-state index contributed by atoms with van der Waals surface area (Å²) in [5.41, 5.74) is 17.9. The molecule has 1 aromatic heterocycles. The van der Waals surface area contributed by atoms with Crippen LogP contribution in [0.2, 0.25) is 0 Å². The number of carbonyl (C=O) groups is 12. The van der Waals surface area contributed by atoms with Crippen molar-refractivity contribution in [2.24, 2.45) is 17.2 Å². The van der Waals surface area contributed by atoms with E-state index in [1.807, 2.05) is 0 Å². The number of primary amides is 2. The Bertz CT molecular complexity index is 2580. The second-order valence-electron chi connectivity index (χ2n) is 19.2. The Kier molecular flexibility index (Phi) is 28.7. The second kappa shape index (κ2) is 34.7. The van der Waals surface area contributed by atoms with Crippen LogP contribution in [0, 0.1) is 0 Å². The van der Waals surface area contributed by atoms with Gasteiger partial charge in [0.05, 0.1) is 39.5 Å². The van der Waals surface area contributed by atoms with Crippen molar-refractivity contribution in [2.45, 2.75) is 120 Å². The van der Waals surface area contributed by atoms with Gasteiger partial charge in [-0.15, -0.1) is 0 Å². The summed E-state index contributed by atoms with van der Waals surface area (Å²) in [6.07, 6.45) is 2.69. The van der Waals surface area contributed by atoms with Crippen LogP contribution in [0.3, 0.4) is 0 Å². The molecule has 4 rings (SSSR count). The number of hydrogen-bond donors (Lipinski definition) is 14. The molecule has 0 saturated carbocycles. The van der Waals surface area contributed by atoms with E-state index in [1.165, 1.54) is 32.5 Å². The van der Waals surface area contributed by atoms with Gasteiger partial charge < -0.3 is 89.5 Å². The number of para-hydroxylation sites is 1. The third-order valence-corrected chi connectivity index (χ3v) is 15.9. The van der Waals surface area contributed by atoms with Crippen LogP contribution >= 0.6 is 33.3 Å². The average molecular weight is 1210 g/mol. The molecule has 32 heteroatoms. The molecule has 17 N–H and O–H groups in total. The Morgan fingerprint density at radius 3 is 2.05 bits per heavy atom. The number of ether oxygens (including phenoxy) is 2. The number of aromatic nitrogens is 1. The minimum atomic E-state index is -1.66. The molecule has 2 saturated heterocycles. The van der Waals surface area contributed by atoms with Crippen molar-refractivity contribution >= 4 is 115 Å². The first-order chi connectivity index (χ1) is 39.1. The van der Waals surface area contributed by atoms with Crippen molar-refractivity contribution in [3.63, 3.8) is 0 Å². The number of carbonyl (C=O) groups excluding carboxylic acids is 12. The van der Waals surface area contributed by atoms with Crippen molar-refractivity contribution < 1.29 is 72.1 Å². The van der Waals surface area contributed by atoms with Crippen molar-refractivity contribution in [1.82, 2.24) is 57.7 Å². The van der Waals surface area contributed by atoms with Crippen molar-refractivity contribution in [3.05, 3.63) is 36.0 Å². The van der Waals surface area contributed by atoms with Crippen LogP contribution in [-0.2, 0) is 73.4 Å². The summed E-state index contributed by atoms with van der Waals surface area (Å²) < 4.78 is 10.7. The molecular weight excluding hydrogens is 1130 g/mol. The highest BCUT2D eigenvalue weighted by Crippen LogP contribution is 2.25. The average Bonchev–Trinajstić information content (AvgIpc) is 4.24. The van der Waals surface area contributed by atoms with Crippen LogP contribution in [0.1, 0.15) is 58.4 Å². The first-order valence-electron chi connectivity index (χ1n) is 26.4. The third-order valence-electron chi connectivity index (χ3n) is 12.9. The van der Waals surface area contributed by atoms with Gasteiger partial charge in [-0.2, -0.15) is 11.8 Å². The Morgan fingerprint density at radius 1 is 0.768 bits per heavy atom. The van der Waals surface area contributed by atoms with Gasteiger partial charge in [0, 0.05) is 54.5 Å². The normalized spacial score (nSPS) is 24.8. The number of hydrogen-bond acceptors (Lipinski definition) is 19. The zero-order chi connectivity index (χ0) is 60.5. The van der Waals surface area contributed by atoms with Crippen LogP contribution < -0.4 is 65.1 Å². The zero-order valence-electron chi connectivity index (χ0n) is 46.0. The first kappa shape index (κ1) is 67.8. The Morgan fingerprint density at radius 2 is 1.38 bits per heavy atom. The maximum atomic E-state index is 14.5. The number of aliphatic hydroxyl groups excluding tert-OH is 1. The molecular formula is C50H76N14O15S3. The number of benzene rings is 1. The molecule has 12 amide bonds. The molecule has 0 radical (unpaired) electrons. The van der Waals surface area contributed by atoms with Gasteiger partial charge in [0.15, 0.2) is 0 Å². The maximum Gasteiger partial charge on any atom is 0.246 e. The molecule has 1 aromatic carbocycles. The number of amides is 12. The summed E-state index contributed by atoms with van der Waals surface area (Å²) >= 11 is 1.32. The summed E-state index contributed by atoms with van der Waals surface area (Å²) in [4.78, 5) is 167. The fourth-order valence-corrected chi connectivity index (χ4v) is 11.2. The van der Waals surface area contributed by atoms with Crippen LogP contribution in [-0.4, -0.2) is 216 Å². The molecule has 3 heterocycles. The molecule has 2 fully saturated rings. The summed E-state index contributed by atoms with van der Waals surface area (Å²) in [6, 6.07) is -7.10.